The van der Waals surface area contributed by atoms with Crippen LogP contribution in [0.15, 0.2) is 30.5 Å². The summed E-state index contributed by atoms with van der Waals surface area (Å²) in [7, 11) is 2.04. The summed E-state index contributed by atoms with van der Waals surface area (Å²) in [5.41, 5.74) is 2.88. The van der Waals surface area contributed by atoms with Crippen molar-refractivity contribution in [2.75, 3.05) is 7.05 Å². The number of rotatable bonds is 5. The van der Waals surface area contributed by atoms with Crippen LogP contribution >= 0.6 is 0 Å². The standard InChI is InChI=1S/C18H26N2/c1-14(19-2)12-16-8-5-9-18-17(16)10-11-20(18)13-15-6-3-4-7-15/h5,8-11,14-15,19H,3-4,6-7,12-13H2,1-2H3. The predicted molar refractivity (Wildman–Crippen MR) is 86.1 cm³/mol. The van der Waals surface area contributed by atoms with Crippen molar-refractivity contribution in [1.29, 1.82) is 0 Å². The second-order valence-electron chi connectivity index (χ2n) is 6.36. The van der Waals surface area contributed by atoms with Crippen molar-refractivity contribution < 1.29 is 0 Å². The summed E-state index contributed by atoms with van der Waals surface area (Å²) in [6.45, 7) is 3.45. The number of nitrogens with zero attached hydrogens (tertiary/aromatic N) is 1. The normalized spacial score (nSPS) is 17.9. The van der Waals surface area contributed by atoms with Gasteiger partial charge >= 0.3 is 0 Å². The molecule has 2 heteroatoms. The fourth-order valence-corrected chi connectivity index (χ4v) is 3.53. The van der Waals surface area contributed by atoms with Crippen molar-refractivity contribution in [3.63, 3.8) is 0 Å². The van der Waals surface area contributed by atoms with Crippen molar-refractivity contribution in [3.8, 4) is 0 Å². The van der Waals surface area contributed by atoms with Crippen LogP contribution < -0.4 is 5.32 Å². The minimum atomic E-state index is 0.527. The van der Waals surface area contributed by atoms with Crippen molar-refractivity contribution in [3.05, 3.63) is 36.0 Å². The van der Waals surface area contributed by atoms with Crippen LogP contribution in [0.2, 0.25) is 0 Å². The van der Waals surface area contributed by atoms with Gasteiger partial charge in [0.25, 0.3) is 0 Å². The van der Waals surface area contributed by atoms with Crippen LogP contribution in [0.25, 0.3) is 10.9 Å². The number of aromatic nitrogens is 1. The molecule has 1 aromatic heterocycles. The maximum atomic E-state index is 3.34. The number of hydrogen-bond donors (Lipinski definition) is 1. The lowest BCUT2D eigenvalue weighted by atomic mass is 10.0. The first-order valence-corrected chi connectivity index (χ1v) is 8.02. The highest BCUT2D eigenvalue weighted by atomic mass is 15.0. The molecule has 0 radical (unpaired) electrons. The van der Waals surface area contributed by atoms with Gasteiger partial charge in [-0.2, -0.15) is 0 Å². The molecule has 0 saturated heterocycles. The molecule has 1 atom stereocenters. The summed E-state index contributed by atoms with van der Waals surface area (Å²) >= 11 is 0. The SMILES string of the molecule is CNC(C)Cc1cccc2c1ccn2CC1CCCC1. The third-order valence-corrected chi connectivity index (χ3v) is 4.85. The minimum absolute atomic E-state index is 0.527. The van der Waals surface area contributed by atoms with Gasteiger partial charge in [0.2, 0.25) is 0 Å². The Bertz CT molecular complexity index is 564. The maximum Gasteiger partial charge on any atom is 0.0483 e. The van der Waals surface area contributed by atoms with Crippen molar-refractivity contribution in [1.82, 2.24) is 9.88 Å². The zero-order chi connectivity index (χ0) is 13.9. The Morgan fingerprint density at radius 3 is 2.80 bits per heavy atom. The molecule has 1 aliphatic carbocycles. The molecule has 1 heterocycles. The monoisotopic (exact) mass is 270 g/mol. The van der Waals surface area contributed by atoms with Crippen LogP contribution in [0.3, 0.4) is 0 Å². The fraction of sp³-hybridized carbons (Fsp3) is 0.556. The molecule has 1 unspecified atom stereocenters. The largest absolute Gasteiger partial charge is 0.347 e. The fourth-order valence-electron chi connectivity index (χ4n) is 3.53. The summed E-state index contributed by atoms with van der Waals surface area (Å²) in [6.07, 6.45) is 9.06. The van der Waals surface area contributed by atoms with Crippen molar-refractivity contribution in [2.24, 2.45) is 5.92 Å². The van der Waals surface area contributed by atoms with E-state index >= 15 is 0 Å². The van der Waals surface area contributed by atoms with E-state index in [0.717, 1.165) is 12.3 Å². The average molecular weight is 270 g/mol. The number of nitrogens with one attached hydrogen (secondary N) is 1. The van der Waals surface area contributed by atoms with Gasteiger partial charge in [0.05, 0.1) is 0 Å². The summed E-state index contributed by atoms with van der Waals surface area (Å²) in [6, 6.07) is 9.60. The lowest BCUT2D eigenvalue weighted by Crippen LogP contribution is -2.23. The van der Waals surface area contributed by atoms with E-state index in [1.165, 1.54) is 48.7 Å². The van der Waals surface area contributed by atoms with Crippen LogP contribution in [0.4, 0.5) is 0 Å². The van der Waals surface area contributed by atoms with E-state index < -0.39 is 0 Å². The highest BCUT2D eigenvalue weighted by Crippen LogP contribution is 2.29. The first kappa shape index (κ1) is 13.7. The molecule has 2 aromatic rings. The Morgan fingerprint density at radius 2 is 2.05 bits per heavy atom. The van der Waals surface area contributed by atoms with Gasteiger partial charge in [0, 0.05) is 29.7 Å². The number of fused-ring (bicyclic) bond motifs is 1. The van der Waals surface area contributed by atoms with Crippen LogP contribution in [-0.2, 0) is 13.0 Å². The molecule has 108 valence electrons. The molecule has 0 bridgehead atoms. The van der Waals surface area contributed by atoms with E-state index in [0.29, 0.717) is 6.04 Å². The average Bonchev–Trinajstić information content (AvgIpc) is 3.10. The van der Waals surface area contributed by atoms with Gasteiger partial charge < -0.3 is 9.88 Å². The molecule has 1 aromatic carbocycles. The van der Waals surface area contributed by atoms with Crippen LogP contribution in [-0.4, -0.2) is 17.7 Å². The Hall–Kier alpha value is -1.28. The molecule has 1 aliphatic rings. The van der Waals surface area contributed by atoms with Crippen LogP contribution in [0.1, 0.15) is 38.2 Å². The van der Waals surface area contributed by atoms with Gasteiger partial charge in [0.15, 0.2) is 0 Å². The Morgan fingerprint density at radius 1 is 1.25 bits per heavy atom. The second kappa shape index (κ2) is 6.01. The molecule has 1 N–H and O–H groups in total. The number of benzene rings is 1. The van der Waals surface area contributed by atoms with Gasteiger partial charge in [-0.15, -0.1) is 0 Å². The lowest BCUT2D eigenvalue weighted by molar-refractivity contribution is 0.466. The molecule has 0 spiro atoms. The molecule has 0 amide bonds. The van der Waals surface area contributed by atoms with E-state index in [4.69, 9.17) is 0 Å². The Labute approximate surface area is 122 Å². The second-order valence-corrected chi connectivity index (χ2v) is 6.36. The molecule has 2 nitrogen and oxygen atoms in total. The molecule has 0 aliphatic heterocycles. The summed E-state index contributed by atoms with van der Waals surface area (Å²) in [5, 5.41) is 4.77. The molecule has 1 saturated carbocycles. The van der Waals surface area contributed by atoms with Gasteiger partial charge in [-0.1, -0.05) is 25.0 Å². The van der Waals surface area contributed by atoms with Gasteiger partial charge in [0.1, 0.15) is 0 Å². The van der Waals surface area contributed by atoms with Gasteiger partial charge in [-0.05, 0) is 56.8 Å². The summed E-state index contributed by atoms with van der Waals surface area (Å²) < 4.78 is 2.47. The highest BCUT2D eigenvalue weighted by Gasteiger charge is 2.16. The number of likely N-dealkylation sites (N-methyl/N-ethyl adjacent to an activating group) is 1. The van der Waals surface area contributed by atoms with E-state index in [-0.39, 0.29) is 0 Å². The van der Waals surface area contributed by atoms with E-state index in [1.807, 2.05) is 7.05 Å². The zero-order valence-electron chi connectivity index (χ0n) is 12.7. The third kappa shape index (κ3) is 2.76. The quantitative estimate of drug-likeness (QED) is 0.869. The first-order chi connectivity index (χ1) is 9.78. The summed E-state index contributed by atoms with van der Waals surface area (Å²) in [4.78, 5) is 0. The third-order valence-electron chi connectivity index (χ3n) is 4.85. The van der Waals surface area contributed by atoms with E-state index in [2.05, 4.69) is 47.3 Å². The topological polar surface area (TPSA) is 17.0 Å². The minimum Gasteiger partial charge on any atom is -0.347 e. The Kier molecular flexibility index (Phi) is 4.11. The first-order valence-electron chi connectivity index (χ1n) is 8.02. The smallest absolute Gasteiger partial charge is 0.0483 e. The van der Waals surface area contributed by atoms with E-state index in [1.54, 1.807) is 0 Å². The van der Waals surface area contributed by atoms with Crippen molar-refractivity contribution >= 4 is 10.9 Å². The summed E-state index contributed by atoms with van der Waals surface area (Å²) in [5.74, 6) is 0.894. The lowest BCUT2D eigenvalue weighted by Gasteiger charge is -2.13. The molecule has 3 rings (SSSR count). The molecule has 1 fully saturated rings. The van der Waals surface area contributed by atoms with Crippen LogP contribution in [0, 0.1) is 5.92 Å². The Balaban J connectivity index is 1.86. The molecular formula is C18H26N2. The van der Waals surface area contributed by atoms with Gasteiger partial charge in [-0.3, -0.25) is 0 Å². The molecule has 20 heavy (non-hydrogen) atoms. The maximum absolute atomic E-state index is 3.34. The van der Waals surface area contributed by atoms with Gasteiger partial charge in [-0.25, -0.2) is 0 Å². The van der Waals surface area contributed by atoms with E-state index in [9.17, 15) is 0 Å². The van der Waals surface area contributed by atoms with Crippen LogP contribution in [0.5, 0.6) is 0 Å². The number of hydrogen-bond acceptors (Lipinski definition) is 1. The zero-order valence-corrected chi connectivity index (χ0v) is 12.7. The predicted octanol–water partition coefficient (Wildman–Crippen LogP) is 3.98. The molecular weight excluding hydrogens is 244 g/mol. The highest BCUT2D eigenvalue weighted by molar-refractivity contribution is 5.83. The van der Waals surface area contributed by atoms with Crippen molar-refractivity contribution in [2.45, 2.75) is 51.6 Å².